The number of hydrogen-bond donors (Lipinski definition) is 0. The topological polar surface area (TPSA) is 64.6 Å². The standard InChI is InChI=1S/C46H90O7/c1-9-15-21-23-25-27-29-31-33-43(48-35-17-11-3)45(50-37-19-13-5)41(7)52-39-47-40-53-42(8)46(51-38-20-14-6)44(49-36-18-12-4)34-32-30-28-26-24-22-16-10-2/h41-42H,9-40H2,1-8H3. The molecule has 0 aromatic carbocycles. The van der Waals surface area contributed by atoms with Crippen molar-refractivity contribution < 1.29 is 33.2 Å². The lowest BCUT2D eigenvalue weighted by atomic mass is 10.1. The number of ether oxygens (including phenoxy) is 7. The predicted octanol–water partition coefficient (Wildman–Crippen LogP) is 14.5. The SMILES string of the molecule is CCCCCCCCCCC(OCCCC)=C(OCCCC)C(C)OCOCOC(C)C(OCCCC)=C(CCCCCCCCCC)OCCCC. The van der Waals surface area contributed by atoms with Crippen molar-refractivity contribution in [3.63, 3.8) is 0 Å². The van der Waals surface area contributed by atoms with Crippen LogP contribution in [-0.4, -0.2) is 52.2 Å². The Morgan fingerprint density at radius 3 is 0.943 bits per heavy atom. The summed E-state index contributed by atoms with van der Waals surface area (Å²) in [4.78, 5) is 0. The van der Waals surface area contributed by atoms with E-state index in [4.69, 9.17) is 33.2 Å². The second kappa shape index (κ2) is 40.2. The van der Waals surface area contributed by atoms with Crippen LogP contribution in [0.1, 0.15) is 222 Å². The first-order valence-electron chi connectivity index (χ1n) is 22.8. The third-order valence-corrected chi connectivity index (χ3v) is 9.66. The second-order valence-corrected chi connectivity index (χ2v) is 14.9. The van der Waals surface area contributed by atoms with Crippen molar-refractivity contribution in [2.24, 2.45) is 0 Å². The third kappa shape index (κ3) is 30.5. The van der Waals surface area contributed by atoms with Crippen molar-refractivity contribution in [3.8, 4) is 0 Å². The fraction of sp³-hybridized carbons (Fsp3) is 0.913. The first-order valence-corrected chi connectivity index (χ1v) is 22.8. The van der Waals surface area contributed by atoms with Gasteiger partial charge in [-0.2, -0.15) is 0 Å². The summed E-state index contributed by atoms with van der Waals surface area (Å²) < 4.78 is 43.8. The number of unbranched alkanes of at least 4 members (excludes halogenated alkanes) is 18. The molecule has 0 aliphatic rings. The molecule has 0 bridgehead atoms. The summed E-state index contributed by atoms with van der Waals surface area (Å²) in [5.41, 5.74) is 0. The lowest BCUT2D eigenvalue weighted by molar-refractivity contribution is -0.160. The van der Waals surface area contributed by atoms with Gasteiger partial charge in [0.2, 0.25) is 0 Å². The summed E-state index contributed by atoms with van der Waals surface area (Å²) in [6, 6.07) is 0. The molecule has 0 saturated heterocycles. The first-order chi connectivity index (χ1) is 26.0. The van der Waals surface area contributed by atoms with Gasteiger partial charge in [-0.1, -0.05) is 157 Å². The van der Waals surface area contributed by atoms with Crippen molar-refractivity contribution in [1.29, 1.82) is 0 Å². The summed E-state index contributed by atoms with van der Waals surface area (Å²) in [6.07, 6.45) is 30.1. The van der Waals surface area contributed by atoms with Crippen LogP contribution in [0.15, 0.2) is 23.0 Å². The molecule has 53 heavy (non-hydrogen) atoms. The highest BCUT2D eigenvalue weighted by Gasteiger charge is 2.21. The Balaban J connectivity index is 5.42. The molecule has 0 spiro atoms. The van der Waals surface area contributed by atoms with E-state index in [1.165, 1.54) is 89.9 Å². The average Bonchev–Trinajstić information content (AvgIpc) is 3.16. The zero-order valence-corrected chi connectivity index (χ0v) is 36.6. The van der Waals surface area contributed by atoms with Gasteiger partial charge < -0.3 is 33.2 Å². The van der Waals surface area contributed by atoms with Gasteiger partial charge >= 0.3 is 0 Å². The molecule has 0 radical (unpaired) electrons. The van der Waals surface area contributed by atoms with E-state index in [0.717, 1.165) is 100 Å². The first kappa shape index (κ1) is 51.6. The molecular formula is C46H90O7. The maximum atomic E-state index is 6.38. The highest BCUT2D eigenvalue weighted by atomic mass is 16.7. The second-order valence-electron chi connectivity index (χ2n) is 14.9. The molecule has 0 N–H and O–H groups in total. The Morgan fingerprint density at radius 2 is 0.623 bits per heavy atom. The minimum absolute atomic E-state index is 0.0996. The molecule has 2 atom stereocenters. The van der Waals surface area contributed by atoms with Gasteiger partial charge in [-0.05, 0) is 52.4 Å². The number of rotatable bonds is 42. The highest BCUT2D eigenvalue weighted by Crippen LogP contribution is 2.25. The minimum Gasteiger partial charge on any atom is -0.494 e. The molecule has 0 fully saturated rings. The smallest absolute Gasteiger partial charge is 0.162 e. The summed E-state index contributed by atoms with van der Waals surface area (Å²) in [7, 11) is 0. The molecule has 0 aliphatic heterocycles. The van der Waals surface area contributed by atoms with Crippen LogP contribution in [0.25, 0.3) is 0 Å². The molecular weight excluding hydrogens is 664 g/mol. The van der Waals surface area contributed by atoms with Gasteiger partial charge in [0.1, 0.15) is 23.7 Å². The Kier molecular flexibility index (Phi) is 39.1. The highest BCUT2D eigenvalue weighted by molar-refractivity contribution is 5.08. The van der Waals surface area contributed by atoms with Crippen molar-refractivity contribution in [3.05, 3.63) is 23.0 Å². The van der Waals surface area contributed by atoms with Crippen LogP contribution in [-0.2, 0) is 33.2 Å². The monoisotopic (exact) mass is 755 g/mol. The van der Waals surface area contributed by atoms with E-state index in [0.29, 0.717) is 26.4 Å². The molecule has 0 aromatic rings. The molecule has 0 amide bonds. The van der Waals surface area contributed by atoms with Gasteiger partial charge in [-0.15, -0.1) is 0 Å². The molecule has 0 heterocycles. The van der Waals surface area contributed by atoms with Crippen LogP contribution >= 0.6 is 0 Å². The average molecular weight is 755 g/mol. The predicted molar refractivity (Wildman–Crippen MR) is 224 cm³/mol. The maximum Gasteiger partial charge on any atom is 0.162 e. The van der Waals surface area contributed by atoms with Gasteiger partial charge in [-0.3, -0.25) is 0 Å². The van der Waals surface area contributed by atoms with Crippen LogP contribution in [0.2, 0.25) is 0 Å². The van der Waals surface area contributed by atoms with Crippen LogP contribution < -0.4 is 0 Å². The van der Waals surface area contributed by atoms with E-state index in [9.17, 15) is 0 Å². The maximum absolute atomic E-state index is 6.38. The largest absolute Gasteiger partial charge is 0.494 e. The lowest BCUT2D eigenvalue weighted by Gasteiger charge is -2.24. The zero-order chi connectivity index (χ0) is 39.0. The van der Waals surface area contributed by atoms with E-state index in [2.05, 4.69) is 41.5 Å². The van der Waals surface area contributed by atoms with Crippen LogP contribution in [0, 0.1) is 0 Å². The van der Waals surface area contributed by atoms with E-state index < -0.39 is 0 Å². The Morgan fingerprint density at radius 1 is 0.340 bits per heavy atom. The molecule has 0 aliphatic carbocycles. The summed E-state index contributed by atoms with van der Waals surface area (Å²) in [5, 5.41) is 0. The molecule has 0 rings (SSSR count). The fourth-order valence-electron chi connectivity index (χ4n) is 6.04. The van der Waals surface area contributed by atoms with Crippen LogP contribution in [0.3, 0.4) is 0 Å². The minimum atomic E-state index is -0.284. The van der Waals surface area contributed by atoms with Crippen LogP contribution in [0.4, 0.5) is 0 Å². The van der Waals surface area contributed by atoms with Crippen molar-refractivity contribution in [2.75, 3.05) is 40.0 Å². The molecule has 2 unspecified atom stereocenters. The zero-order valence-electron chi connectivity index (χ0n) is 36.6. The van der Waals surface area contributed by atoms with E-state index in [-0.39, 0.29) is 25.8 Å². The Bertz CT molecular complexity index is 761. The summed E-state index contributed by atoms with van der Waals surface area (Å²) >= 11 is 0. The van der Waals surface area contributed by atoms with Crippen molar-refractivity contribution in [1.82, 2.24) is 0 Å². The van der Waals surface area contributed by atoms with E-state index in [1.54, 1.807) is 0 Å². The Labute approximate surface area is 330 Å². The van der Waals surface area contributed by atoms with Gasteiger partial charge in [0.25, 0.3) is 0 Å². The normalized spacial score (nSPS) is 13.7. The lowest BCUT2D eigenvalue weighted by Crippen LogP contribution is -2.22. The fourth-order valence-corrected chi connectivity index (χ4v) is 6.04. The third-order valence-electron chi connectivity index (χ3n) is 9.66. The van der Waals surface area contributed by atoms with Crippen molar-refractivity contribution in [2.45, 2.75) is 235 Å². The molecule has 7 heteroatoms. The van der Waals surface area contributed by atoms with E-state index in [1.807, 2.05) is 13.8 Å². The summed E-state index contributed by atoms with van der Waals surface area (Å²) in [5.74, 6) is 3.53. The van der Waals surface area contributed by atoms with Gasteiger partial charge in [0, 0.05) is 12.8 Å². The molecule has 7 nitrogen and oxygen atoms in total. The van der Waals surface area contributed by atoms with E-state index >= 15 is 0 Å². The number of hydrogen-bond acceptors (Lipinski definition) is 7. The summed E-state index contributed by atoms with van der Waals surface area (Å²) in [6.45, 7) is 20.3. The Hall–Kier alpha value is -1.44. The quantitative estimate of drug-likeness (QED) is 0.0349. The van der Waals surface area contributed by atoms with Gasteiger partial charge in [-0.25, -0.2) is 0 Å². The van der Waals surface area contributed by atoms with Crippen LogP contribution in [0.5, 0.6) is 0 Å². The molecule has 0 aromatic heterocycles. The van der Waals surface area contributed by atoms with Gasteiger partial charge in [0.05, 0.1) is 26.4 Å². The molecule has 316 valence electrons. The number of allylic oxidation sites excluding steroid dienone is 2. The van der Waals surface area contributed by atoms with Gasteiger partial charge in [0.15, 0.2) is 25.1 Å². The molecule has 0 saturated carbocycles. The van der Waals surface area contributed by atoms with Crippen molar-refractivity contribution >= 4 is 0 Å².